The Morgan fingerprint density at radius 1 is 1.38 bits per heavy atom. The minimum atomic E-state index is -1.04. The van der Waals surface area contributed by atoms with Crippen LogP contribution < -0.4 is 0 Å². The third-order valence-corrected chi connectivity index (χ3v) is 3.36. The van der Waals surface area contributed by atoms with Gasteiger partial charge in [0, 0.05) is 19.0 Å². The molecule has 0 saturated carbocycles. The van der Waals surface area contributed by atoms with Gasteiger partial charge in [-0.15, -0.1) is 0 Å². The number of nitrogens with zero attached hydrogens (tertiary/aromatic N) is 2. The first-order valence-electron chi connectivity index (χ1n) is 6.93. The Morgan fingerprint density at radius 2 is 2.00 bits per heavy atom. The van der Waals surface area contributed by atoms with Crippen LogP contribution in [0.1, 0.15) is 55.6 Å². The lowest BCUT2D eigenvalue weighted by Crippen LogP contribution is -2.41. The molecule has 1 aliphatic rings. The highest BCUT2D eigenvalue weighted by molar-refractivity contribution is 5.88. The highest BCUT2D eigenvalue weighted by Gasteiger charge is 2.31. The van der Waals surface area contributed by atoms with Crippen LogP contribution in [-0.2, 0) is 4.74 Å². The Labute approximate surface area is 122 Å². The van der Waals surface area contributed by atoms with Crippen molar-refractivity contribution in [3.05, 3.63) is 17.5 Å². The molecule has 0 radical (unpaired) electrons. The van der Waals surface area contributed by atoms with Crippen LogP contribution in [0.5, 0.6) is 0 Å². The second-order valence-electron chi connectivity index (χ2n) is 6.16. The first-order chi connectivity index (χ1) is 9.78. The number of carbonyl (C=O) groups excluding carboxylic acids is 1. The molecule has 1 aromatic heterocycles. The minimum absolute atomic E-state index is 0.00598. The molecular weight excluding hydrogens is 276 g/mol. The maximum Gasteiger partial charge on any atom is 0.410 e. The SMILES string of the molecule is CC(C)(C)OC(=O)N1CCC(c2nocc2C(=O)O)CC1. The molecule has 21 heavy (non-hydrogen) atoms. The average Bonchev–Trinajstić information content (AvgIpc) is 2.86. The number of hydrogen-bond acceptors (Lipinski definition) is 5. The standard InChI is InChI=1S/C14H20N2O5/c1-14(2,3)21-13(19)16-6-4-9(5-7-16)11-10(12(17)18)8-20-15-11/h8-9H,4-7H2,1-3H3,(H,17,18). The monoisotopic (exact) mass is 296 g/mol. The average molecular weight is 296 g/mol. The number of hydrogen-bond donors (Lipinski definition) is 1. The van der Waals surface area contributed by atoms with E-state index in [-0.39, 0.29) is 17.6 Å². The van der Waals surface area contributed by atoms with Crippen molar-refractivity contribution in [3.63, 3.8) is 0 Å². The third kappa shape index (κ3) is 3.74. The fourth-order valence-corrected chi connectivity index (χ4v) is 2.36. The van der Waals surface area contributed by atoms with Gasteiger partial charge in [0.1, 0.15) is 23.1 Å². The lowest BCUT2D eigenvalue weighted by Gasteiger charge is -2.32. The molecule has 1 aromatic rings. The Balaban J connectivity index is 1.96. The van der Waals surface area contributed by atoms with E-state index >= 15 is 0 Å². The van der Waals surface area contributed by atoms with Crippen molar-refractivity contribution in [2.24, 2.45) is 0 Å². The van der Waals surface area contributed by atoms with Crippen LogP contribution in [0.3, 0.4) is 0 Å². The summed E-state index contributed by atoms with van der Waals surface area (Å²) in [4.78, 5) is 24.7. The van der Waals surface area contributed by atoms with E-state index in [0.717, 1.165) is 6.26 Å². The largest absolute Gasteiger partial charge is 0.478 e. The molecule has 7 nitrogen and oxygen atoms in total. The number of likely N-dealkylation sites (tertiary alicyclic amines) is 1. The molecule has 0 spiro atoms. The lowest BCUT2D eigenvalue weighted by molar-refractivity contribution is 0.0202. The molecule has 7 heteroatoms. The van der Waals surface area contributed by atoms with Gasteiger partial charge < -0.3 is 19.3 Å². The fraction of sp³-hybridized carbons (Fsp3) is 0.643. The van der Waals surface area contributed by atoms with Crippen LogP contribution in [0.25, 0.3) is 0 Å². The van der Waals surface area contributed by atoms with Gasteiger partial charge in [-0.05, 0) is 33.6 Å². The number of amides is 1. The second-order valence-corrected chi connectivity index (χ2v) is 6.16. The number of aromatic carboxylic acids is 1. The number of rotatable bonds is 2. The van der Waals surface area contributed by atoms with Crippen LogP contribution in [0.4, 0.5) is 4.79 Å². The molecule has 2 rings (SSSR count). The maximum absolute atomic E-state index is 12.0. The molecule has 0 bridgehead atoms. The molecule has 1 fully saturated rings. The summed E-state index contributed by atoms with van der Waals surface area (Å²) in [5.41, 5.74) is 0.0494. The summed E-state index contributed by atoms with van der Waals surface area (Å²) < 4.78 is 10.1. The quantitative estimate of drug-likeness (QED) is 0.901. The smallest absolute Gasteiger partial charge is 0.410 e. The van der Waals surface area contributed by atoms with Gasteiger partial charge in [0.15, 0.2) is 0 Å². The summed E-state index contributed by atoms with van der Waals surface area (Å²) in [5.74, 6) is -1.05. The van der Waals surface area contributed by atoms with Crippen molar-refractivity contribution in [1.82, 2.24) is 10.1 Å². The summed E-state index contributed by atoms with van der Waals surface area (Å²) in [7, 11) is 0. The van der Waals surface area contributed by atoms with E-state index in [2.05, 4.69) is 5.16 Å². The van der Waals surface area contributed by atoms with Crippen molar-refractivity contribution in [2.75, 3.05) is 13.1 Å². The molecule has 1 N–H and O–H groups in total. The summed E-state index contributed by atoms with van der Waals surface area (Å²) >= 11 is 0. The second kappa shape index (κ2) is 5.75. The molecule has 116 valence electrons. The predicted octanol–water partition coefficient (Wildman–Crippen LogP) is 2.49. The van der Waals surface area contributed by atoms with Gasteiger partial charge >= 0.3 is 12.1 Å². The predicted molar refractivity (Wildman–Crippen MR) is 73.2 cm³/mol. The molecule has 1 amide bonds. The third-order valence-electron chi connectivity index (χ3n) is 3.36. The molecule has 0 aromatic carbocycles. The van der Waals surface area contributed by atoms with Gasteiger partial charge in [0.2, 0.25) is 0 Å². The number of aromatic nitrogens is 1. The van der Waals surface area contributed by atoms with Gasteiger partial charge in [-0.25, -0.2) is 9.59 Å². The highest BCUT2D eigenvalue weighted by Crippen LogP contribution is 2.30. The number of ether oxygens (including phenoxy) is 1. The van der Waals surface area contributed by atoms with E-state index < -0.39 is 11.6 Å². The highest BCUT2D eigenvalue weighted by atomic mass is 16.6. The summed E-state index contributed by atoms with van der Waals surface area (Å²) in [6, 6.07) is 0. The number of carboxylic acids is 1. The van der Waals surface area contributed by atoms with Crippen LogP contribution in [0.15, 0.2) is 10.8 Å². The van der Waals surface area contributed by atoms with Gasteiger partial charge in [-0.1, -0.05) is 5.16 Å². The van der Waals surface area contributed by atoms with Crippen molar-refractivity contribution in [2.45, 2.75) is 45.1 Å². The van der Waals surface area contributed by atoms with Crippen LogP contribution in [0.2, 0.25) is 0 Å². The van der Waals surface area contributed by atoms with E-state index in [9.17, 15) is 9.59 Å². The van der Waals surface area contributed by atoms with Crippen molar-refractivity contribution < 1.29 is 24.0 Å². The molecule has 1 saturated heterocycles. The molecule has 0 unspecified atom stereocenters. The zero-order valence-corrected chi connectivity index (χ0v) is 12.5. The van der Waals surface area contributed by atoms with E-state index in [4.69, 9.17) is 14.4 Å². The first kappa shape index (κ1) is 15.3. The molecule has 0 aliphatic carbocycles. The minimum Gasteiger partial charge on any atom is -0.478 e. The summed E-state index contributed by atoms with van der Waals surface area (Å²) in [6.45, 7) is 6.52. The molecule has 0 atom stereocenters. The van der Waals surface area contributed by atoms with Crippen molar-refractivity contribution in [1.29, 1.82) is 0 Å². The lowest BCUT2D eigenvalue weighted by atomic mass is 9.91. The molecular formula is C14H20N2O5. The maximum atomic E-state index is 12.0. The zero-order valence-electron chi connectivity index (χ0n) is 12.5. The van der Waals surface area contributed by atoms with Crippen LogP contribution in [-0.4, -0.2) is 45.9 Å². The number of piperidine rings is 1. The number of carbonyl (C=O) groups is 2. The Morgan fingerprint density at radius 3 is 2.52 bits per heavy atom. The summed E-state index contributed by atoms with van der Waals surface area (Å²) in [6.07, 6.45) is 2.11. The van der Waals surface area contributed by atoms with Crippen LogP contribution in [0, 0.1) is 0 Å². The van der Waals surface area contributed by atoms with Crippen molar-refractivity contribution in [3.8, 4) is 0 Å². The fourth-order valence-electron chi connectivity index (χ4n) is 2.36. The first-order valence-corrected chi connectivity index (χ1v) is 6.93. The Bertz CT molecular complexity index is 524. The van der Waals surface area contributed by atoms with Gasteiger partial charge in [-0.2, -0.15) is 0 Å². The summed E-state index contributed by atoms with van der Waals surface area (Å²) in [5, 5.41) is 12.9. The van der Waals surface area contributed by atoms with E-state index in [1.165, 1.54) is 0 Å². The normalized spacial score (nSPS) is 16.8. The van der Waals surface area contributed by atoms with Crippen molar-refractivity contribution >= 4 is 12.1 Å². The molecule has 2 heterocycles. The molecule has 1 aliphatic heterocycles. The Kier molecular flexibility index (Phi) is 4.20. The zero-order chi connectivity index (χ0) is 15.6. The van der Waals surface area contributed by atoms with Gasteiger partial charge in [-0.3, -0.25) is 0 Å². The number of carboxylic acid groups (broad SMARTS) is 1. The van der Waals surface area contributed by atoms with E-state index in [0.29, 0.717) is 31.6 Å². The Hall–Kier alpha value is -2.05. The van der Waals surface area contributed by atoms with E-state index in [1.807, 2.05) is 20.8 Å². The van der Waals surface area contributed by atoms with Gasteiger partial charge in [0.05, 0.1) is 0 Å². The topological polar surface area (TPSA) is 92.9 Å². The van der Waals surface area contributed by atoms with Crippen LogP contribution >= 0.6 is 0 Å². The van der Waals surface area contributed by atoms with Gasteiger partial charge in [0.25, 0.3) is 0 Å². The van der Waals surface area contributed by atoms with E-state index in [1.54, 1.807) is 4.90 Å².